The number of aliphatic hydroxyl groups excluding tert-OH is 1. The first-order valence-corrected chi connectivity index (χ1v) is 11.1. The molecular weight excluding hydrogens is 431 g/mol. The molecule has 9 heteroatoms. The van der Waals surface area contributed by atoms with Gasteiger partial charge in [0.2, 0.25) is 0 Å². The molecule has 0 radical (unpaired) electrons. The Labute approximate surface area is 188 Å². The summed E-state index contributed by atoms with van der Waals surface area (Å²) in [7, 11) is 0. The maximum Gasteiger partial charge on any atom is 0.253 e. The summed E-state index contributed by atoms with van der Waals surface area (Å²) < 4.78 is 20.6. The van der Waals surface area contributed by atoms with Crippen molar-refractivity contribution in [1.29, 1.82) is 0 Å². The maximum atomic E-state index is 14.8. The van der Waals surface area contributed by atoms with E-state index in [4.69, 9.17) is 10.5 Å². The van der Waals surface area contributed by atoms with E-state index in [1.165, 1.54) is 17.4 Å². The predicted molar refractivity (Wildman–Crippen MR) is 122 cm³/mol. The lowest BCUT2D eigenvalue weighted by molar-refractivity contribution is -0.118. The van der Waals surface area contributed by atoms with Crippen LogP contribution in [0.25, 0.3) is 16.8 Å². The molecule has 1 aliphatic heterocycles. The number of benzene rings is 2. The molecule has 0 fully saturated rings. The molecule has 32 heavy (non-hydrogen) atoms. The number of thiazole rings is 1. The molecule has 5 N–H and O–H groups in total. The molecule has 7 nitrogen and oxygen atoms in total. The van der Waals surface area contributed by atoms with Crippen LogP contribution in [-0.2, 0) is 11.4 Å². The lowest BCUT2D eigenvalue weighted by Crippen LogP contribution is -2.38. The molecule has 2 aromatic carbocycles. The second-order valence-electron chi connectivity index (χ2n) is 7.27. The Bertz CT molecular complexity index is 1160. The Morgan fingerprint density at radius 3 is 2.88 bits per heavy atom. The lowest BCUT2D eigenvalue weighted by Gasteiger charge is -2.28. The third-order valence-electron chi connectivity index (χ3n) is 5.08. The minimum absolute atomic E-state index is 0.0453. The van der Waals surface area contributed by atoms with Gasteiger partial charge >= 0.3 is 0 Å². The number of aliphatic hydroxyl groups is 1. The van der Waals surface area contributed by atoms with Crippen molar-refractivity contribution in [1.82, 2.24) is 10.3 Å². The van der Waals surface area contributed by atoms with Gasteiger partial charge in [0.05, 0.1) is 28.2 Å². The predicted octanol–water partition coefficient (Wildman–Crippen LogP) is 3.47. The molecule has 1 amide bonds. The third kappa shape index (κ3) is 4.30. The van der Waals surface area contributed by atoms with Gasteiger partial charge in [0, 0.05) is 28.6 Å². The van der Waals surface area contributed by atoms with E-state index in [1.54, 1.807) is 35.8 Å². The van der Waals surface area contributed by atoms with Gasteiger partial charge in [0.25, 0.3) is 5.91 Å². The summed E-state index contributed by atoms with van der Waals surface area (Å²) in [6.07, 6.45) is -0.573. The van der Waals surface area contributed by atoms with Crippen LogP contribution in [0.1, 0.15) is 24.6 Å². The smallest absolute Gasteiger partial charge is 0.253 e. The normalized spacial score (nSPS) is 15.2. The SMILES string of the molecule is CCCNC(=O)C1=C(N)c2cccc(-c3cc(OCc4cscn4)ccc3F)c2NC1O. The number of nitrogens with zero attached hydrogens (tertiary/aromatic N) is 1. The van der Waals surface area contributed by atoms with Gasteiger partial charge < -0.3 is 26.2 Å². The van der Waals surface area contributed by atoms with Gasteiger partial charge in [-0.3, -0.25) is 4.79 Å². The molecule has 0 bridgehead atoms. The quantitative estimate of drug-likeness (QED) is 0.435. The van der Waals surface area contributed by atoms with Crippen molar-refractivity contribution in [3.05, 3.63) is 69.9 Å². The number of rotatable bonds is 7. The van der Waals surface area contributed by atoms with Crippen molar-refractivity contribution >= 4 is 28.6 Å². The summed E-state index contributed by atoms with van der Waals surface area (Å²) in [4.78, 5) is 16.7. The van der Waals surface area contributed by atoms with Crippen LogP contribution in [0.5, 0.6) is 5.75 Å². The summed E-state index contributed by atoms with van der Waals surface area (Å²) in [5, 5.41) is 18.1. The van der Waals surface area contributed by atoms with Crippen LogP contribution in [0.15, 0.2) is 52.9 Å². The zero-order valence-corrected chi connectivity index (χ0v) is 18.2. The molecule has 2 heterocycles. The monoisotopic (exact) mass is 454 g/mol. The molecule has 0 spiro atoms. The zero-order valence-electron chi connectivity index (χ0n) is 17.4. The number of amides is 1. The Kier molecular flexibility index (Phi) is 6.38. The number of ether oxygens (including phenoxy) is 1. The second kappa shape index (κ2) is 9.37. The van der Waals surface area contributed by atoms with Crippen molar-refractivity contribution in [2.24, 2.45) is 5.73 Å². The molecule has 1 atom stereocenters. The third-order valence-corrected chi connectivity index (χ3v) is 5.71. The first-order chi connectivity index (χ1) is 15.5. The number of carbonyl (C=O) groups is 1. The number of aromatic nitrogens is 1. The van der Waals surface area contributed by atoms with Crippen molar-refractivity contribution in [2.45, 2.75) is 26.2 Å². The minimum Gasteiger partial charge on any atom is -0.487 e. The highest BCUT2D eigenvalue weighted by molar-refractivity contribution is 7.07. The number of fused-ring (bicyclic) bond motifs is 1. The van der Waals surface area contributed by atoms with Crippen LogP contribution >= 0.6 is 11.3 Å². The Balaban J connectivity index is 1.70. The van der Waals surface area contributed by atoms with E-state index < -0.39 is 18.0 Å². The average Bonchev–Trinajstić information content (AvgIpc) is 3.31. The molecule has 0 saturated carbocycles. The van der Waals surface area contributed by atoms with Gasteiger partial charge in [-0.25, -0.2) is 9.37 Å². The number of nitrogens with one attached hydrogen (secondary N) is 2. The van der Waals surface area contributed by atoms with Crippen molar-refractivity contribution < 1.29 is 19.0 Å². The summed E-state index contributed by atoms with van der Waals surface area (Å²) in [5.74, 6) is -0.416. The van der Waals surface area contributed by atoms with E-state index in [9.17, 15) is 14.3 Å². The van der Waals surface area contributed by atoms with Crippen LogP contribution in [0.4, 0.5) is 10.1 Å². The average molecular weight is 455 g/mol. The number of hydrogen-bond acceptors (Lipinski definition) is 7. The zero-order chi connectivity index (χ0) is 22.7. The van der Waals surface area contributed by atoms with Gasteiger partial charge in [0.1, 0.15) is 18.2 Å². The van der Waals surface area contributed by atoms with Crippen LogP contribution < -0.4 is 21.1 Å². The summed E-state index contributed by atoms with van der Waals surface area (Å²) >= 11 is 1.47. The van der Waals surface area contributed by atoms with E-state index in [1.807, 2.05) is 12.3 Å². The van der Waals surface area contributed by atoms with Crippen molar-refractivity contribution in [3.8, 4) is 16.9 Å². The van der Waals surface area contributed by atoms with Crippen LogP contribution in [0.2, 0.25) is 0 Å². The van der Waals surface area contributed by atoms with Gasteiger partial charge in [-0.15, -0.1) is 11.3 Å². The molecule has 0 saturated heterocycles. The Hall–Kier alpha value is -3.43. The van der Waals surface area contributed by atoms with E-state index in [2.05, 4.69) is 15.6 Å². The molecule has 1 aromatic heterocycles. The Morgan fingerprint density at radius 2 is 2.12 bits per heavy atom. The van der Waals surface area contributed by atoms with E-state index in [0.717, 1.165) is 12.1 Å². The number of para-hydroxylation sites is 1. The first kappa shape index (κ1) is 21.8. The maximum absolute atomic E-state index is 14.8. The number of nitrogens with two attached hydrogens (primary N) is 1. The molecule has 166 valence electrons. The standard InChI is InChI=1S/C23H23FN4O3S/c1-2-8-26-22(29)19-20(25)16-5-3-4-15(21(16)28-23(19)30)17-9-14(6-7-18(17)24)31-10-13-11-32-12-27-13/h3-7,9,11-12,23,28,30H,2,8,10,25H2,1H3,(H,26,29). The number of halogens is 1. The van der Waals surface area contributed by atoms with E-state index >= 15 is 0 Å². The van der Waals surface area contributed by atoms with Crippen LogP contribution in [0.3, 0.4) is 0 Å². The number of hydrogen-bond donors (Lipinski definition) is 4. The van der Waals surface area contributed by atoms with Crippen LogP contribution in [0, 0.1) is 5.82 Å². The highest BCUT2D eigenvalue weighted by Gasteiger charge is 2.30. The topological polar surface area (TPSA) is 110 Å². The number of anilines is 1. The summed E-state index contributed by atoms with van der Waals surface area (Å²) in [6.45, 7) is 2.66. The fourth-order valence-electron chi connectivity index (χ4n) is 3.50. The largest absolute Gasteiger partial charge is 0.487 e. The second-order valence-corrected chi connectivity index (χ2v) is 7.99. The molecule has 0 aliphatic carbocycles. The highest BCUT2D eigenvalue weighted by Crippen LogP contribution is 2.40. The highest BCUT2D eigenvalue weighted by atomic mass is 32.1. The van der Waals surface area contributed by atoms with Gasteiger partial charge in [-0.2, -0.15) is 0 Å². The molecular formula is C23H23FN4O3S. The number of carbonyl (C=O) groups excluding carboxylic acids is 1. The Morgan fingerprint density at radius 1 is 1.31 bits per heavy atom. The van der Waals surface area contributed by atoms with Crippen molar-refractivity contribution in [3.63, 3.8) is 0 Å². The fraction of sp³-hybridized carbons (Fsp3) is 0.217. The van der Waals surface area contributed by atoms with Crippen LogP contribution in [-0.4, -0.2) is 28.8 Å². The fourth-order valence-corrected chi connectivity index (χ4v) is 4.05. The van der Waals surface area contributed by atoms with E-state index in [0.29, 0.717) is 29.1 Å². The van der Waals surface area contributed by atoms with Gasteiger partial charge in [-0.1, -0.05) is 25.1 Å². The summed E-state index contributed by atoms with van der Waals surface area (Å²) in [6, 6.07) is 9.64. The molecule has 3 aromatic rings. The van der Waals surface area contributed by atoms with Gasteiger partial charge in [0.15, 0.2) is 6.23 Å². The molecule has 1 aliphatic rings. The molecule has 4 rings (SSSR count). The lowest BCUT2D eigenvalue weighted by atomic mass is 9.92. The van der Waals surface area contributed by atoms with Gasteiger partial charge in [-0.05, 0) is 24.6 Å². The minimum atomic E-state index is -1.33. The van der Waals surface area contributed by atoms with Crippen molar-refractivity contribution in [2.75, 3.05) is 11.9 Å². The molecule has 1 unspecified atom stereocenters. The summed E-state index contributed by atoms with van der Waals surface area (Å²) in [5.41, 5.74) is 10.7. The van der Waals surface area contributed by atoms with E-state index in [-0.39, 0.29) is 23.4 Å². The first-order valence-electron chi connectivity index (χ1n) is 10.1.